The molecule has 1 fully saturated rings. The number of fused-ring (bicyclic) bond motifs is 3. The summed E-state index contributed by atoms with van der Waals surface area (Å²) >= 11 is 0. The van der Waals surface area contributed by atoms with Crippen molar-refractivity contribution in [1.82, 2.24) is 9.88 Å². The third-order valence-corrected chi connectivity index (χ3v) is 4.90. The zero-order valence-corrected chi connectivity index (χ0v) is 16.2. The molecule has 3 aromatic rings. The van der Waals surface area contributed by atoms with E-state index in [2.05, 4.69) is 15.2 Å². The number of aromatic nitrogens is 1. The van der Waals surface area contributed by atoms with E-state index >= 15 is 0 Å². The first-order valence-corrected chi connectivity index (χ1v) is 9.41. The van der Waals surface area contributed by atoms with E-state index in [1.54, 1.807) is 18.2 Å². The number of carbonyl (C=O) groups is 1. The van der Waals surface area contributed by atoms with Crippen molar-refractivity contribution < 1.29 is 13.9 Å². The topological polar surface area (TPSA) is 84.7 Å². The van der Waals surface area contributed by atoms with Gasteiger partial charge in [-0.05, 0) is 44.5 Å². The van der Waals surface area contributed by atoms with Crippen LogP contribution in [0.3, 0.4) is 0 Å². The number of morpholine rings is 1. The molecule has 3 heterocycles. The number of ether oxygens (including phenoxy) is 1. The van der Waals surface area contributed by atoms with E-state index in [4.69, 9.17) is 9.15 Å². The molecule has 0 radical (unpaired) electrons. The molecule has 2 atom stereocenters. The highest BCUT2D eigenvalue weighted by molar-refractivity contribution is 6.04. The maximum absolute atomic E-state index is 12.6. The van der Waals surface area contributed by atoms with Crippen molar-refractivity contribution in [3.63, 3.8) is 0 Å². The van der Waals surface area contributed by atoms with Crippen LogP contribution in [0.15, 0.2) is 39.5 Å². The van der Waals surface area contributed by atoms with Gasteiger partial charge in [0.25, 0.3) is 0 Å². The Balaban J connectivity index is 1.63. The first kappa shape index (κ1) is 18.6. The Morgan fingerprint density at radius 2 is 1.96 bits per heavy atom. The van der Waals surface area contributed by atoms with Crippen molar-refractivity contribution in [1.29, 1.82) is 0 Å². The monoisotopic (exact) mass is 381 g/mol. The number of anilines is 1. The number of nitrogens with zero attached hydrogens (tertiary/aromatic N) is 2. The highest BCUT2D eigenvalue weighted by Crippen LogP contribution is 2.25. The number of pyridine rings is 1. The quantitative estimate of drug-likeness (QED) is 0.555. The van der Waals surface area contributed by atoms with Crippen LogP contribution in [-0.2, 0) is 9.53 Å². The minimum atomic E-state index is -0.423. The van der Waals surface area contributed by atoms with E-state index in [0.717, 1.165) is 5.39 Å². The van der Waals surface area contributed by atoms with Crippen LogP contribution in [0.4, 0.5) is 5.82 Å². The van der Waals surface area contributed by atoms with Gasteiger partial charge in [0.1, 0.15) is 11.4 Å². The highest BCUT2D eigenvalue weighted by atomic mass is 16.5. The fourth-order valence-electron chi connectivity index (χ4n) is 3.89. The van der Waals surface area contributed by atoms with Crippen molar-refractivity contribution in [3.8, 4) is 0 Å². The Morgan fingerprint density at radius 1 is 1.25 bits per heavy atom. The van der Waals surface area contributed by atoms with E-state index in [1.807, 2.05) is 32.9 Å². The molecule has 1 N–H and O–H groups in total. The summed E-state index contributed by atoms with van der Waals surface area (Å²) in [6.07, 6.45) is 0.200. The Hall–Kier alpha value is -2.77. The molecule has 0 spiro atoms. The van der Waals surface area contributed by atoms with Gasteiger partial charge >= 0.3 is 5.63 Å². The number of amides is 1. The molecule has 4 rings (SSSR count). The van der Waals surface area contributed by atoms with Gasteiger partial charge in [-0.25, -0.2) is 9.78 Å². The summed E-state index contributed by atoms with van der Waals surface area (Å²) in [7, 11) is 0. The van der Waals surface area contributed by atoms with Crippen molar-refractivity contribution in [2.45, 2.75) is 33.0 Å². The smallest absolute Gasteiger partial charge is 0.346 e. The van der Waals surface area contributed by atoms with Gasteiger partial charge in [-0.15, -0.1) is 0 Å². The van der Waals surface area contributed by atoms with Gasteiger partial charge in [0.2, 0.25) is 5.91 Å². The first-order chi connectivity index (χ1) is 13.4. The zero-order chi connectivity index (χ0) is 19.8. The summed E-state index contributed by atoms with van der Waals surface area (Å²) in [5.41, 5.74) is 1.31. The summed E-state index contributed by atoms with van der Waals surface area (Å²) in [5.74, 6) is 0.292. The van der Waals surface area contributed by atoms with Crippen LogP contribution in [-0.4, -0.2) is 47.6 Å². The SMILES string of the molecule is Cc1cc(NC(=O)CN2C[C@H](C)O[C@@H](C)C2)nc2c1c(=O)oc1ccccc12. The average molecular weight is 381 g/mol. The summed E-state index contributed by atoms with van der Waals surface area (Å²) in [5, 5.41) is 4.05. The largest absolute Gasteiger partial charge is 0.422 e. The van der Waals surface area contributed by atoms with Gasteiger partial charge in [-0.1, -0.05) is 12.1 Å². The number of aryl methyl sites for hydroxylation is 1. The van der Waals surface area contributed by atoms with Gasteiger partial charge in [0.05, 0.1) is 29.7 Å². The summed E-state index contributed by atoms with van der Waals surface area (Å²) < 4.78 is 11.1. The Bertz CT molecular complexity index is 1100. The number of para-hydroxylation sites is 1. The van der Waals surface area contributed by atoms with Gasteiger partial charge < -0.3 is 14.5 Å². The number of carbonyl (C=O) groups excluding carboxylic acids is 1. The molecule has 1 aliphatic rings. The lowest BCUT2D eigenvalue weighted by Gasteiger charge is -2.34. The first-order valence-electron chi connectivity index (χ1n) is 9.41. The molecule has 1 amide bonds. The molecule has 0 unspecified atom stereocenters. The van der Waals surface area contributed by atoms with Gasteiger partial charge in [-0.3, -0.25) is 9.69 Å². The number of benzene rings is 1. The van der Waals surface area contributed by atoms with Crippen LogP contribution >= 0.6 is 0 Å². The molecule has 28 heavy (non-hydrogen) atoms. The Morgan fingerprint density at radius 3 is 2.71 bits per heavy atom. The highest BCUT2D eigenvalue weighted by Gasteiger charge is 2.24. The molecule has 1 aromatic carbocycles. The predicted octanol–water partition coefficient (Wildman–Crippen LogP) is 2.70. The molecule has 1 saturated heterocycles. The standard InChI is InChI=1S/C21H23N3O4/c1-12-8-17(22-18(25)11-24-9-13(2)27-14(3)10-24)23-20-15-6-4-5-7-16(15)28-21(26)19(12)20/h4-8,13-14H,9-11H2,1-3H3,(H,22,23,25)/t13-,14-/m0/s1. The Labute approximate surface area is 162 Å². The number of nitrogens with one attached hydrogen (secondary N) is 1. The van der Waals surface area contributed by atoms with Gasteiger partial charge in [0, 0.05) is 18.5 Å². The lowest BCUT2D eigenvalue weighted by Crippen LogP contribution is -2.48. The molecule has 146 valence electrons. The van der Waals surface area contributed by atoms with E-state index in [0.29, 0.717) is 41.0 Å². The van der Waals surface area contributed by atoms with E-state index in [-0.39, 0.29) is 24.7 Å². The fraction of sp³-hybridized carbons (Fsp3) is 0.381. The van der Waals surface area contributed by atoms with Crippen molar-refractivity contribution >= 4 is 33.6 Å². The van der Waals surface area contributed by atoms with Crippen LogP contribution < -0.4 is 10.9 Å². The van der Waals surface area contributed by atoms with E-state index in [9.17, 15) is 9.59 Å². The summed E-state index contributed by atoms with van der Waals surface area (Å²) in [6.45, 7) is 7.53. The molecule has 1 aliphatic heterocycles. The van der Waals surface area contributed by atoms with Gasteiger partial charge in [0.15, 0.2) is 0 Å². The van der Waals surface area contributed by atoms with E-state index in [1.165, 1.54) is 0 Å². The lowest BCUT2D eigenvalue weighted by molar-refractivity contribution is -0.121. The third-order valence-electron chi connectivity index (χ3n) is 4.90. The molecule has 0 aliphatic carbocycles. The van der Waals surface area contributed by atoms with Crippen molar-refractivity contribution in [2.24, 2.45) is 0 Å². The average Bonchev–Trinajstić information content (AvgIpc) is 2.60. The molecule has 7 heteroatoms. The predicted molar refractivity (Wildman–Crippen MR) is 108 cm³/mol. The number of rotatable bonds is 3. The van der Waals surface area contributed by atoms with Crippen LogP contribution in [0.2, 0.25) is 0 Å². The molecule has 2 aromatic heterocycles. The van der Waals surface area contributed by atoms with E-state index < -0.39 is 5.63 Å². The third kappa shape index (κ3) is 3.63. The van der Waals surface area contributed by atoms with Crippen LogP contribution in [0.5, 0.6) is 0 Å². The zero-order valence-electron chi connectivity index (χ0n) is 16.2. The van der Waals surface area contributed by atoms with Crippen molar-refractivity contribution in [2.75, 3.05) is 25.0 Å². The molecular weight excluding hydrogens is 358 g/mol. The molecule has 7 nitrogen and oxygen atoms in total. The van der Waals surface area contributed by atoms with Crippen molar-refractivity contribution in [3.05, 3.63) is 46.3 Å². The van der Waals surface area contributed by atoms with Gasteiger partial charge in [-0.2, -0.15) is 0 Å². The van der Waals surface area contributed by atoms with Crippen LogP contribution in [0, 0.1) is 6.92 Å². The second kappa shape index (κ2) is 7.33. The Kier molecular flexibility index (Phi) is 4.87. The molecule has 0 saturated carbocycles. The van der Waals surface area contributed by atoms with Crippen LogP contribution in [0.1, 0.15) is 19.4 Å². The lowest BCUT2D eigenvalue weighted by atomic mass is 10.1. The second-order valence-electron chi connectivity index (χ2n) is 7.43. The number of hydrogen-bond donors (Lipinski definition) is 1. The summed E-state index contributed by atoms with van der Waals surface area (Å²) in [6, 6.07) is 8.97. The maximum Gasteiger partial charge on any atom is 0.346 e. The second-order valence-corrected chi connectivity index (χ2v) is 7.43. The molecular formula is C21H23N3O4. The minimum absolute atomic E-state index is 0.100. The number of hydrogen-bond acceptors (Lipinski definition) is 6. The minimum Gasteiger partial charge on any atom is -0.422 e. The normalized spacial score (nSPS) is 20.5. The molecule has 0 bridgehead atoms. The fourth-order valence-corrected chi connectivity index (χ4v) is 3.89. The maximum atomic E-state index is 12.6. The summed E-state index contributed by atoms with van der Waals surface area (Å²) in [4.78, 5) is 31.5. The van der Waals surface area contributed by atoms with Crippen LogP contribution in [0.25, 0.3) is 21.9 Å².